The van der Waals surface area contributed by atoms with Crippen LogP contribution in [-0.2, 0) is 14.6 Å². The zero-order valence-corrected chi connectivity index (χ0v) is 14.2. The van der Waals surface area contributed by atoms with Crippen molar-refractivity contribution >= 4 is 27.1 Å². The van der Waals surface area contributed by atoms with Gasteiger partial charge in [0.15, 0.2) is 0 Å². The van der Waals surface area contributed by atoms with Crippen molar-refractivity contribution in [2.45, 2.75) is 23.8 Å². The summed E-state index contributed by atoms with van der Waals surface area (Å²) in [7, 11) is -3.43. The highest BCUT2D eigenvalue weighted by atomic mass is 32.2. The second-order valence-electron chi connectivity index (χ2n) is 6.15. The van der Waals surface area contributed by atoms with E-state index < -0.39 is 26.8 Å². The average molecular weight is 371 g/mol. The van der Waals surface area contributed by atoms with Gasteiger partial charge in [0.25, 0.3) is 5.69 Å². The molecule has 1 heterocycles. The fraction of sp³-hybridized carbons (Fsp3) is 0.167. The van der Waals surface area contributed by atoms with Gasteiger partial charge in [-0.25, -0.2) is 13.2 Å². The number of nitro benzene ring substituents is 1. The smallest absolute Gasteiger partial charge is 0.338 e. The van der Waals surface area contributed by atoms with Crippen LogP contribution in [0.4, 0.5) is 5.69 Å². The van der Waals surface area contributed by atoms with Gasteiger partial charge < -0.3 is 4.74 Å². The Labute approximate surface area is 149 Å². The van der Waals surface area contributed by atoms with Crippen molar-refractivity contribution in [1.82, 2.24) is 0 Å². The van der Waals surface area contributed by atoms with Crippen LogP contribution < -0.4 is 0 Å². The van der Waals surface area contributed by atoms with E-state index in [2.05, 4.69) is 0 Å². The summed E-state index contributed by atoms with van der Waals surface area (Å²) in [6, 6.07) is 10.1. The molecule has 1 atom stereocenters. The fourth-order valence-electron chi connectivity index (χ4n) is 3.37. The molecule has 2 aromatic carbocycles. The van der Waals surface area contributed by atoms with Gasteiger partial charge in [0.05, 0.1) is 15.4 Å². The highest BCUT2D eigenvalue weighted by Crippen LogP contribution is 2.46. The minimum Gasteiger partial charge on any atom is -0.454 e. The molecule has 8 heteroatoms. The second kappa shape index (κ2) is 5.77. The fourth-order valence-corrected chi connectivity index (χ4v) is 4.91. The Kier molecular flexibility index (Phi) is 3.66. The molecule has 0 N–H and O–H groups in total. The molecule has 0 amide bonds. The Morgan fingerprint density at radius 3 is 2.58 bits per heavy atom. The molecule has 0 aromatic heterocycles. The molecule has 0 spiro atoms. The lowest BCUT2D eigenvalue weighted by molar-refractivity contribution is -0.384. The van der Waals surface area contributed by atoms with Gasteiger partial charge >= 0.3 is 5.97 Å². The summed E-state index contributed by atoms with van der Waals surface area (Å²) in [5.41, 5.74) is 2.16. The van der Waals surface area contributed by atoms with Crippen LogP contribution in [0.1, 0.15) is 40.4 Å². The van der Waals surface area contributed by atoms with Crippen molar-refractivity contribution in [2.75, 3.05) is 0 Å². The number of nitrogens with zero attached hydrogens (tertiary/aromatic N) is 1. The molecule has 26 heavy (non-hydrogen) atoms. The van der Waals surface area contributed by atoms with Crippen LogP contribution in [0.5, 0.6) is 0 Å². The minimum atomic E-state index is -3.43. The van der Waals surface area contributed by atoms with Crippen molar-refractivity contribution in [3.8, 4) is 0 Å². The van der Waals surface area contributed by atoms with Gasteiger partial charge in [0.2, 0.25) is 9.84 Å². The summed E-state index contributed by atoms with van der Waals surface area (Å²) in [6.45, 7) is 0. The Morgan fingerprint density at radius 1 is 1.15 bits per heavy atom. The van der Waals surface area contributed by atoms with Gasteiger partial charge in [0.1, 0.15) is 6.10 Å². The molecule has 0 fully saturated rings. The van der Waals surface area contributed by atoms with Crippen molar-refractivity contribution in [3.63, 3.8) is 0 Å². The lowest BCUT2D eigenvalue weighted by atomic mass is 9.86. The summed E-state index contributed by atoms with van der Waals surface area (Å²) in [5.74, 6) is -0.601. The molecule has 0 saturated heterocycles. The summed E-state index contributed by atoms with van der Waals surface area (Å²) in [5, 5.41) is 12.0. The molecule has 1 aliphatic carbocycles. The number of benzene rings is 2. The maximum atomic E-state index is 12.4. The van der Waals surface area contributed by atoms with Crippen LogP contribution in [0.3, 0.4) is 0 Å². The van der Waals surface area contributed by atoms with E-state index in [1.807, 2.05) is 0 Å². The Hall–Kier alpha value is -3.00. The highest BCUT2D eigenvalue weighted by Gasteiger charge is 2.36. The number of carbonyl (C=O) groups excluding carboxylic acids is 1. The van der Waals surface area contributed by atoms with E-state index in [4.69, 9.17) is 4.74 Å². The van der Waals surface area contributed by atoms with Gasteiger partial charge in [-0.15, -0.1) is 0 Å². The number of sulfone groups is 1. The third-order valence-electron chi connectivity index (χ3n) is 4.57. The molecule has 0 bridgehead atoms. The van der Waals surface area contributed by atoms with E-state index in [0.717, 1.165) is 5.57 Å². The average Bonchev–Trinajstić information content (AvgIpc) is 2.89. The van der Waals surface area contributed by atoms with Crippen molar-refractivity contribution in [1.29, 1.82) is 0 Å². The SMILES string of the molecule is O=C(OC1CCC2=CS(=O)(=O)c3cccc1c32)c1ccc([N+](=O)[O-])cc1. The van der Waals surface area contributed by atoms with Gasteiger partial charge in [-0.2, -0.15) is 0 Å². The molecule has 132 valence electrons. The highest BCUT2D eigenvalue weighted by molar-refractivity contribution is 7.95. The zero-order valence-electron chi connectivity index (χ0n) is 13.4. The Morgan fingerprint density at radius 2 is 1.88 bits per heavy atom. The van der Waals surface area contributed by atoms with E-state index in [1.54, 1.807) is 18.2 Å². The largest absolute Gasteiger partial charge is 0.454 e. The van der Waals surface area contributed by atoms with Gasteiger partial charge in [-0.05, 0) is 36.6 Å². The van der Waals surface area contributed by atoms with Crippen LogP contribution in [-0.4, -0.2) is 19.3 Å². The predicted octanol–water partition coefficient (Wildman–Crippen LogP) is 3.41. The van der Waals surface area contributed by atoms with E-state index in [1.165, 1.54) is 29.7 Å². The predicted molar refractivity (Wildman–Crippen MR) is 92.1 cm³/mol. The molecule has 1 aliphatic heterocycles. The molecule has 2 aliphatic rings. The number of non-ortho nitro benzene ring substituents is 1. The van der Waals surface area contributed by atoms with Crippen LogP contribution in [0.2, 0.25) is 0 Å². The van der Waals surface area contributed by atoms with Crippen molar-refractivity contribution in [3.05, 3.63) is 74.7 Å². The van der Waals surface area contributed by atoms with Crippen LogP contribution in [0.25, 0.3) is 5.57 Å². The molecule has 4 rings (SSSR count). The van der Waals surface area contributed by atoms with Crippen molar-refractivity contribution in [2.24, 2.45) is 0 Å². The lowest BCUT2D eigenvalue weighted by Crippen LogP contribution is -2.16. The number of ether oxygens (including phenoxy) is 1. The number of hydrogen-bond acceptors (Lipinski definition) is 6. The molecule has 1 unspecified atom stereocenters. The van der Waals surface area contributed by atoms with Crippen LogP contribution in [0.15, 0.2) is 52.8 Å². The topological polar surface area (TPSA) is 104 Å². The quantitative estimate of drug-likeness (QED) is 0.465. The third-order valence-corrected chi connectivity index (χ3v) is 6.12. The molecule has 2 aromatic rings. The molecule has 7 nitrogen and oxygen atoms in total. The molecular weight excluding hydrogens is 358 g/mol. The van der Waals surface area contributed by atoms with Gasteiger partial charge in [-0.3, -0.25) is 10.1 Å². The number of carbonyl (C=O) groups is 1. The summed E-state index contributed by atoms with van der Waals surface area (Å²) >= 11 is 0. The standard InChI is InChI=1S/C18H13NO6S/c20-18(11-4-7-13(8-5-11)19(21)22)25-15-9-6-12-10-26(23,24)16-3-1-2-14(15)17(12)16/h1-5,7-8,10,15H,6,9H2. The van der Waals surface area contributed by atoms with Crippen LogP contribution >= 0.6 is 0 Å². The zero-order chi connectivity index (χ0) is 18.5. The summed E-state index contributed by atoms with van der Waals surface area (Å²) in [6.07, 6.45) is 0.427. The van der Waals surface area contributed by atoms with E-state index >= 15 is 0 Å². The number of nitro groups is 1. The number of rotatable bonds is 3. The maximum absolute atomic E-state index is 12.4. The first kappa shape index (κ1) is 16.5. The minimum absolute atomic E-state index is 0.111. The molecule has 0 saturated carbocycles. The van der Waals surface area contributed by atoms with Crippen molar-refractivity contribution < 1.29 is 22.9 Å². The second-order valence-corrected chi connectivity index (χ2v) is 7.91. The first-order valence-electron chi connectivity index (χ1n) is 7.91. The normalized spacial score (nSPS) is 19.4. The lowest BCUT2D eigenvalue weighted by Gasteiger charge is -2.26. The van der Waals surface area contributed by atoms with E-state index in [-0.39, 0.29) is 16.1 Å². The number of hydrogen-bond donors (Lipinski definition) is 0. The van der Waals surface area contributed by atoms with Crippen LogP contribution in [0, 0.1) is 10.1 Å². The van der Waals surface area contributed by atoms with Gasteiger partial charge in [-0.1, -0.05) is 12.1 Å². The van der Waals surface area contributed by atoms with E-state index in [0.29, 0.717) is 24.0 Å². The first-order valence-corrected chi connectivity index (χ1v) is 9.46. The Bertz CT molecular complexity index is 1070. The third kappa shape index (κ3) is 2.59. The Balaban J connectivity index is 1.63. The number of esters is 1. The molecule has 0 radical (unpaired) electrons. The molecular formula is C18H13NO6S. The number of allylic oxidation sites excluding steroid dienone is 1. The maximum Gasteiger partial charge on any atom is 0.338 e. The summed E-state index contributed by atoms with van der Waals surface area (Å²) < 4.78 is 30.0. The van der Waals surface area contributed by atoms with Gasteiger partial charge in [0, 0.05) is 28.7 Å². The van der Waals surface area contributed by atoms with E-state index in [9.17, 15) is 23.3 Å². The monoisotopic (exact) mass is 371 g/mol. The first-order chi connectivity index (χ1) is 12.4. The summed E-state index contributed by atoms with van der Waals surface area (Å²) in [4.78, 5) is 22.8.